The molecule has 1 aliphatic rings. The number of tetrazole rings is 1. The molecule has 4 rings (SSSR count). The molecule has 10 nitrogen and oxygen atoms in total. The van der Waals surface area contributed by atoms with Crippen molar-refractivity contribution in [1.82, 2.24) is 30.1 Å². The van der Waals surface area contributed by atoms with Gasteiger partial charge in [0.1, 0.15) is 10.6 Å². The van der Waals surface area contributed by atoms with E-state index >= 15 is 0 Å². The van der Waals surface area contributed by atoms with Crippen LogP contribution >= 0.6 is 11.8 Å². The number of aromatic nitrogens is 5. The van der Waals surface area contributed by atoms with Crippen LogP contribution in [0.5, 0.6) is 0 Å². The van der Waals surface area contributed by atoms with Crippen LogP contribution in [0.15, 0.2) is 46.6 Å². The molecule has 0 aliphatic carbocycles. The van der Waals surface area contributed by atoms with Gasteiger partial charge in [0, 0.05) is 19.3 Å². The summed E-state index contributed by atoms with van der Waals surface area (Å²) in [5, 5.41) is 12.0. The fraction of sp³-hybridized carbons (Fsp3) is 0.294. The highest BCUT2D eigenvalue weighted by atomic mass is 32.2. The number of carbonyl (C=O) groups is 1. The maximum atomic E-state index is 12.8. The van der Waals surface area contributed by atoms with Gasteiger partial charge in [-0.25, -0.2) is 8.42 Å². The Morgan fingerprint density at radius 1 is 1.24 bits per heavy atom. The number of benzene rings is 1. The molecule has 0 radical (unpaired) electrons. The zero-order chi connectivity index (χ0) is 20.4. The highest BCUT2D eigenvalue weighted by molar-refractivity contribution is 7.98. The van der Waals surface area contributed by atoms with Crippen LogP contribution in [0.2, 0.25) is 0 Å². The SMILES string of the molecule is CSc1nnnn1-c1cccc(NS(=O)(=O)c2c[nH]c(C(=O)N3CCCC3)c2)c1. The van der Waals surface area contributed by atoms with E-state index in [0.29, 0.717) is 29.6 Å². The molecular weight excluding hydrogens is 414 g/mol. The maximum Gasteiger partial charge on any atom is 0.270 e. The number of nitrogens with one attached hydrogen (secondary N) is 2. The second-order valence-electron chi connectivity index (χ2n) is 6.48. The first-order valence-corrected chi connectivity index (χ1v) is 11.6. The molecule has 1 aliphatic heterocycles. The molecule has 0 atom stereocenters. The van der Waals surface area contributed by atoms with E-state index in [9.17, 15) is 13.2 Å². The van der Waals surface area contributed by atoms with Crippen molar-refractivity contribution in [2.75, 3.05) is 24.1 Å². The zero-order valence-corrected chi connectivity index (χ0v) is 17.2. The van der Waals surface area contributed by atoms with Gasteiger partial charge in [0.05, 0.1) is 11.4 Å². The molecule has 1 amide bonds. The van der Waals surface area contributed by atoms with E-state index in [1.807, 2.05) is 6.26 Å². The van der Waals surface area contributed by atoms with Crippen molar-refractivity contribution in [2.45, 2.75) is 22.9 Å². The molecule has 29 heavy (non-hydrogen) atoms. The predicted octanol–water partition coefficient (Wildman–Crippen LogP) is 1.75. The van der Waals surface area contributed by atoms with Gasteiger partial charge in [-0.15, -0.1) is 5.10 Å². The van der Waals surface area contributed by atoms with E-state index in [-0.39, 0.29) is 16.5 Å². The monoisotopic (exact) mass is 433 g/mol. The van der Waals surface area contributed by atoms with Crippen molar-refractivity contribution in [2.24, 2.45) is 0 Å². The van der Waals surface area contributed by atoms with Gasteiger partial charge in [0.2, 0.25) is 5.16 Å². The fourth-order valence-electron chi connectivity index (χ4n) is 3.13. The Kier molecular flexibility index (Phi) is 5.28. The highest BCUT2D eigenvalue weighted by Gasteiger charge is 2.24. The van der Waals surface area contributed by atoms with E-state index < -0.39 is 10.0 Å². The Bertz CT molecular complexity index is 1130. The number of carbonyl (C=O) groups excluding carboxylic acids is 1. The van der Waals surface area contributed by atoms with Crippen molar-refractivity contribution in [3.05, 3.63) is 42.2 Å². The number of hydrogen-bond donors (Lipinski definition) is 2. The second kappa shape index (κ2) is 7.87. The lowest BCUT2D eigenvalue weighted by molar-refractivity contribution is 0.0787. The van der Waals surface area contributed by atoms with Crippen molar-refractivity contribution >= 4 is 33.4 Å². The first kappa shape index (κ1) is 19.5. The van der Waals surface area contributed by atoms with Gasteiger partial charge < -0.3 is 9.88 Å². The van der Waals surface area contributed by atoms with Gasteiger partial charge >= 0.3 is 0 Å². The number of rotatable bonds is 6. The molecular formula is C17H19N7O3S2. The van der Waals surface area contributed by atoms with Gasteiger partial charge in [-0.3, -0.25) is 9.52 Å². The lowest BCUT2D eigenvalue weighted by Crippen LogP contribution is -2.27. The smallest absolute Gasteiger partial charge is 0.270 e. The summed E-state index contributed by atoms with van der Waals surface area (Å²) in [6, 6.07) is 8.11. The third-order valence-electron chi connectivity index (χ3n) is 4.56. The first-order chi connectivity index (χ1) is 14.0. The van der Waals surface area contributed by atoms with Gasteiger partial charge in [-0.2, -0.15) is 4.68 Å². The fourth-order valence-corrected chi connectivity index (χ4v) is 4.60. The minimum atomic E-state index is -3.87. The minimum Gasteiger partial charge on any atom is -0.356 e. The Balaban J connectivity index is 1.55. The van der Waals surface area contributed by atoms with Crippen LogP contribution in [0.3, 0.4) is 0 Å². The molecule has 3 aromatic rings. The maximum absolute atomic E-state index is 12.8. The van der Waals surface area contributed by atoms with Crippen molar-refractivity contribution in [3.8, 4) is 5.69 Å². The number of likely N-dealkylation sites (tertiary alicyclic amines) is 1. The first-order valence-electron chi connectivity index (χ1n) is 8.91. The average molecular weight is 434 g/mol. The topological polar surface area (TPSA) is 126 Å². The Labute approximate surface area is 171 Å². The van der Waals surface area contributed by atoms with Crippen LogP contribution in [0.1, 0.15) is 23.3 Å². The number of amides is 1. The third kappa shape index (κ3) is 3.98. The second-order valence-corrected chi connectivity index (χ2v) is 8.94. The molecule has 152 valence electrons. The zero-order valence-electron chi connectivity index (χ0n) is 15.6. The predicted molar refractivity (Wildman–Crippen MR) is 108 cm³/mol. The molecule has 1 aromatic carbocycles. The summed E-state index contributed by atoms with van der Waals surface area (Å²) in [4.78, 5) is 16.9. The molecule has 1 fully saturated rings. The average Bonchev–Trinajstić information content (AvgIpc) is 3.49. The molecule has 2 aromatic heterocycles. The van der Waals surface area contributed by atoms with Gasteiger partial charge in [-0.1, -0.05) is 17.8 Å². The molecule has 2 N–H and O–H groups in total. The number of hydrogen-bond acceptors (Lipinski definition) is 7. The summed E-state index contributed by atoms with van der Waals surface area (Å²) < 4.78 is 29.6. The lowest BCUT2D eigenvalue weighted by atomic mass is 10.3. The van der Waals surface area contributed by atoms with Crippen molar-refractivity contribution in [1.29, 1.82) is 0 Å². The number of nitrogens with zero attached hydrogens (tertiary/aromatic N) is 5. The normalized spacial score (nSPS) is 14.3. The van der Waals surface area contributed by atoms with Crippen LogP contribution in [0, 0.1) is 0 Å². The Morgan fingerprint density at radius 3 is 2.79 bits per heavy atom. The number of thioether (sulfide) groups is 1. The summed E-state index contributed by atoms with van der Waals surface area (Å²) in [6.45, 7) is 1.39. The van der Waals surface area contributed by atoms with E-state index in [0.717, 1.165) is 12.8 Å². The highest BCUT2D eigenvalue weighted by Crippen LogP contribution is 2.22. The lowest BCUT2D eigenvalue weighted by Gasteiger charge is -2.13. The van der Waals surface area contributed by atoms with Gasteiger partial charge in [0.15, 0.2) is 0 Å². The van der Waals surface area contributed by atoms with Gasteiger partial charge in [-0.05, 0) is 53.8 Å². The number of aromatic amines is 1. The van der Waals surface area contributed by atoms with E-state index in [2.05, 4.69) is 25.2 Å². The summed E-state index contributed by atoms with van der Waals surface area (Å²) in [5.41, 5.74) is 1.25. The Hall–Kier alpha value is -2.86. The molecule has 0 spiro atoms. The third-order valence-corrected chi connectivity index (χ3v) is 6.54. The molecule has 3 heterocycles. The van der Waals surface area contributed by atoms with Crippen LogP contribution in [0.4, 0.5) is 5.69 Å². The van der Waals surface area contributed by atoms with Crippen molar-refractivity contribution in [3.63, 3.8) is 0 Å². The molecule has 0 unspecified atom stereocenters. The van der Waals surface area contributed by atoms with Crippen LogP contribution < -0.4 is 4.72 Å². The number of H-pyrrole nitrogens is 1. The summed E-state index contributed by atoms with van der Waals surface area (Å²) in [6.07, 6.45) is 5.11. The number of sulfonamides is 1. The standard InChI is InChI=1S/C17H19N7O3S2/c1-28-17-19-21-22-24(17)13-6-4-5-12(9-13)20-29(26,27)14-10-15(18-11-14)16(25)23-7-2-3-8-23/h4-6,9-11,18,20H,2-3,7-8H2,1H3. The van der Waals surface area contributed by atoms with Crippen LogP contribution in [-0.2, 0) is 10.0 Å². The Morgan fingerprint density at radius 2 is 2.03 bits per heavy atom. The van der Waals surface area contributed by atoms with E-state index in [1.165, 1.54) is 28.7 Å². The summed E-state index contributed by atoms with van der Waals surface area (Å²) >= 11 is 1.38. The van der Waals surface area contributed by atoms with E-state index in [4.69, 9.17) is 0 Å². The molecule has 0 bridgehead atoms. The number of anilines is 1. The molecule has 0 saturated carbocycles. The van der Waals surface area contributed by atoms with Gasteiger partial charge in [0.25, 0.3) is 15.9 Å². The quantitative estimate of drug-likeness (QED) is 0.567. The summed E-state index contributed by atoms with van der Waals surface area (Å²) in [7, 11) is -3.87. The van der Waals surface area contributed by atoms with Crippen LogP contribution in [0.25, 0.3) is 5.69 Å². The van der Waals surface area contributed by atoms with E-state index in [1.54, 1.807) is 29.2 Å². The molecule has 1 saturated heterocycles. The largest absolute Gasteiger partial charge is 0.356 e. The van der Waals surface area contributed by atoms with Crippen LogP contribution in [-0.4, -0.2) is 63.8 Å². The minimum absolute atomic E-state index is 0.00215. The summed E-state index contributed by atoms with van der Waals surface area (Å²) in [5.74, 6) is -0.186. The molecule has 12 heteroatoms. The van der Waals surface area contributed by atoms with Crippen molar-refractivity contribution < 1.29 is 13.2 Å².